The van der Waals surface area contributed by atoms with Crippen LogP contribution in [0, 0.1) is 6.92 Å². The van der Waals surface area contributed by atoms with Crippen molar-refractivity contribution in [1.29, 1.82) is 0 Å². The van der Waals surface area contributed by atoms with Crippen LogP contribution in [0.25, 0.3) is 11.3 Å². The van der Waals surface area contributed by atoms with E-state index in [0.29, 0.717) is 0 Å². The Morgan fingerprint density at radius 3 is 2.55 bits per heavy atom. The number of alkyl halides is 3. The molecule has 1 saturated heterocycles. The van der Waals surface area contributed by atoms with E-state index < -0.39 is 12.1 Å². The lowest BCUT2D eigenvalue weighted by Crippen LogP contribution is -2.34. The first kappa shape index (κ1) is 23.0. The Morgan fingerprint density at radius 2 is 2.00 bits per heavy atom. The van der Waals surface area contributed by atoms with E-state index in [9.17, 15) is 13.2 Å². The Hall–Kier alpha value is -2.26. The zero-order chi connectivity index (χ0) is 21.6. The maximum absolute atomic E-state index is 10.6. The zero-order valence-corrected chi connectivity index (χ0v) is 16.8. The van der Waals surface area contributed by atoms with Crippen LogP contribution < -0.4 is 10.1 Å². The fraction of sp³-hybridized carbons (Fsp3) is 0.474. The average molecular weight is 434 g/mol. The van der Waals surface area contributed by atoms with Gasteiger partial charge in [-0.2, -0.15) is 18.3 Å². The number of aryl methyl sites for hydroxylation is 2. The van der Waals surface area contributed by atoms with Crippen molar-refractivity contribution < 1.29 is 27.8 Å². The summed E-state index contributed by atoms with van der Waals surface area (Å²) >= 11 is 6.28. The lowest BCUT2D eigenvalue weighted by molar-refractivity contribution is -0.192. The van der Waals surface area contributed by atoms with Crippen LogP contribution in [-0.4, -0.2) is 46.2 Å². The number of benzene rings is 1. The van der Waals surface area contributed by atoms with E-state index in [2.05, 4.69) is 24.3 Å². The maximum Gasteiger partial charge on any atom is 0.490 e. The third kappa shape index (κ3) is 6.37. The van der Waals surface area contributed by atoms with Crippen LogP contribution in [0.5, 0.6) is 5.75 Å². The molecule has 0 radical (unpaired) electrons. The molecule has 6 nitrogen and oxygen atoms in total. The molecule has 0 unspecified atom stereocenters. The molecule has 0 bridgehead atoms. The Labute approximate surface area is 171 Å². The number of piperidine rings is 1. The molecule has 1 aromatic carbocycles. The molecular formula is C19H23ClF3N3O3. The van der Waals surface area contributed by atoms with E-state index in [4.69, 9.17) is 26.2 Å². The van der Waals surface area contributed by atoms with Crippen molar-refractivity contribution in [1.82, 2.24) is 15.1 Å². The highest BCUT2D eigenvalue weighted by Gasteiger charge is 2.38. The number of hydrogen-bond donors (Lipinski definition) is 2. The predicted octanol–water partition coefficient (Wildman–Crippen LogP) is 4.30. The molecule has 3 rings (SSSR count). The van der Waals surface area contributed by atoms with E-state index in [-0.39, 0.29) is 6.10 Å². The predicted molar refractivity (Wildman–Crippen MR) is 103 cm³/mol. The van der Waals surface area contributed by atoms with Crippen LogP contribution in [0.15, 0.2) is 24.4 Å². The minimum Gasteiger partial charge on any atom is -0.489 e. The van der Waals surface area contributed by atoms with E-state index in [1.54, 1.807) is 0 Å². The van der Waals surface area contributed by atoms with E-state index >= 15 is 0 Å². The molecule has 1 aliphatic heterocycles. The van der Waals surface area contributed by atoms with Crippen molar-refractivity contribution >= 4 is 17.6 Å². The van der Waals surface area contributed by atoms with Crippen LogP contribution in [0.4, 0.5) is 13.2 Å². The summed E-state index contributed by atoms with van der Waals surface area (Å²) in [6, 6.07) is 5.96. The van der Waals surface area contributed by atoms with Gasteiger partial charge < -0.3 is 15.2 Å². The molecule has 1 aromatic heterocycles. The van der Waals surface area contributed by atoms with Gasteiger partial charge in [-0.05, 0) is 63.5 Å². The molecule has 2 aromatic rings. The summed E-state index contributed by atoms with van der Waals surface area (Å²) in [5.41, 5.74) is 3.16. The number of carbonyl (C=O) groups is 1. The molecule has 1 fully saturated rings. The van der Waals surface area contributed by atoms with Gasteiger partial charge in [0.1, 0.15) is 11.9 Å². The fourth-order valence-electron chi connectivity index (χ4n) is 2.97. The Kier molecular flexibility index (Phi) is 7.92. The van der Waals surface area contributed by atoms with Gasteiger partial charge in [0, 0.05) is 23.3 Å². The number of aromatic nitrogens is 2. The van der Waals surface area contributed by atoms with Crippen molar-refractivity contribution in [3.05, 3.63) is 35.0 Å². The van der Waals surface area contributed by atoms with Crippen molar-refractivity contribution in [2.24, 2.45) is 0 Å². The van der Waals surface area contributed by atoms with Crippen LogP contribution in [-0.2, 0) is 11.3 Å². The molecule has 0 amide bonds. The molecule has 2 N–H and O–H groups in total. The van der Waals surface area contributed by atoms with E-state index in [1.807, 2.05) is 29.1 Å². The van der Waals surface area contributed by atoms with Gasteiger partial charge in [0.2, 0.25) is 0 Å². The molecule has 10 heteroatoms. The van der Waals surface area contributed by atoms with Gasteiger partial charge in [-0.25, -0.2) is 4.79 Å². The molecular weight excluding hydrogens is 411 g/mol. The SMILES string of the molecule is CCn1nccc1-c1cc(Cl)cc(C)c1OC1CCNCC1.O=C(O)C(F)(F)F. The number of hydrogen-bond acceptors (Lipinski definition) is 4. The first-order valence-electron chi connectivity index (χ1n) is 9.13. The highest BCUT2D eigenvalue weighted by Crippen LogP contribution is 2.37. The molecule has 1 aliphatic rings. The van der Waals surface area contributed by atoms with Gasteiger partial charge in [-0.15, -0.1) is 0 Å². The summed E-state index contributed by atoms with van der Waals surface area (Å²) < 4.78 is 40.1. The normalized spacial score (nSPS) is 14.8. The van der Waals surface area contributed by atoms with E-state index in [0.717, 1.165) is 60.1 Å². The molecule has 0 aliphatic carbocycles. The van der Waals surface area contributed by atoms with Crippen LogP contribution in [0.2, 0.25) is 5.02 Å². The number of nitrogens with one attached hydrogen (secondary N) is 1. The molecule has 29 heavy (non-hydrogen) atoms. The molecule has 2 heterocycles. The number of carboxylic acid groups (broad SMARTS) is 1. The first-order valence-corrected chi connectivity index (χ1v) is 9.51. The van der Waals surface area contributed by atoms with Crippen molar-refractivity contribution in [3.63, 3.8) is 0 Å². The molecule has 160 valence electrons. The lowest BCUT2D eigenvalue weighted by atomic mass is 10.0. The van der Waals surface area contributed by atoms with Gasteiger partial charge in [-0.1, -0.05) is 11.6 Å². The van der Waals surface area contributed by atoms with Crippen molar-refractivity contribution in [2.75, 3.05) is 13.1 Å². The van der Waals surface area contributed by atoms with Gasteiger partial charge in [0.25, 0.3) is 0 Å². The minimum absolute atomic E-state index is 0.262. The van der Waals surface area contributed by atoms with Crippen molar-refractivity contribution in [3.8, 4) is 17.0 Å². The van der Waals surface area contributed by atoms with Crippen LogP contribution in [0.1, 0.15) is 25.3 Å². The number of rotatable bonds is 4. The summed E-state index contributed by atoms with van der Waals surface area (Å²) in [4.78, 5) is 8.90. The van der Waals surface area contributed by atoms with Gasteiger partial charge >= 0.3 is 12.1 Å². The highest BCUT2D eigenvalue weighted by molar-refractivity contribution is 6.31. The monoisotopic (exact) mass is 433 g/mol. The smallest absolute Gasteiger partial charge is 0.489 e. The topological polar surface area (TPSA) is 76.4 Å². The minimum atomic E-state index is -5.08. The Morgan fingerprint density at radius 1 is 1.38 bits per heavy atom. The van der Waals surface area contributed by atoms with Crippen LogP contribution >= 0.6 is 11.6 Å². The second kappa shape index (κ2) is 9.98. The number of halogens is 4. The number of nitrogens with zero attached hydrogens (tertiary/aromatic N) is 2. The third-order valence-corrected chi connectivity index (χ3v) is 4.56. The Balaban J connectivity index is 0.000000370. The van der Waals surface area contributed by atoms with Crippen molar-refractivity contribution in [2.45, 2.75) is 45.5 Å². The molecule has 0 atom stereocenters. The second-order valence-corrected chi connectivity index (χ2v) is 6.94. The first-order chi connectivity index (χ1) is 13.6. The quantitative estimate of drug-likeness (QED) is 0.752. The summed E-state index contributed by atoms with van der Waals surface area (Å²) in [6.45, 7) is 6.99. The summed E-state index contributed by atoms with van der Waals surface area (Å²) in [5.74, 6) is -1.82. The molecule has 0 saturated carbocycles. The fourth-order valence-corrected chi connectivity index (χ4v) is 3.24. The summed E-state index contributed by atoms with van der Waals surface area (Å²) in [6.07, 6.45) is -0.926. The van der Waals surface area contributed by atoms with Gasteiger partial charge in [0.15, 0.2) is 0 Å². The summed E-state index contributed by atoms with van der Waals surface area (Å²) in [7, 11) is 0. The van der Waals surface area contributed by atoms with E-state index in [1.165, 1.54) is 0 Å². The number of ether oxygens (including phenoxy) is 1. The zero-order valence-electron chi connectivity index (χ0n) is 16.1. The average Bonchev–Trinajstić information content (AvgIpc) is 3.13. The third-order valence-electron chi connectivity index (χ3n) is 4.34. The lowest BCUT2D eigenvalue weighted by Gasteiger charge is -2.26. The molecule has 0 spiro atoms. The maximum atomic E-state index is 10.6. The van der Waals surface area contributed by atoms with Crippen LogP contribution in [0.3, 0.4) is 0 Å². The Bertz CT molecular complexity index is 834. The number of carboxylic acids is 1. The number of aliphatic carboxylic acids is 1. The highest BCUT2D eigenvalue weighted by atomic mass is 35.5. The largest absolute Gasteiger partial charge is 0.490 e. The van der Waals surface area contributed by atoms with Gasteiger partial charge in [0.05, 0.1) is 5.69 Å². The second-order valence-electron chi connectivity index (χ2n) is 6.50. The summed E-state index contributed by atoms with van der Waals surface area (Å²) in [5, 5.41) is 15.6. The van der Waals surface area contributed by atoms with Gasteiger partial charge in [-0.3, -0.25) is 4.68 Å². The standard InChI is InChI=1S/C17H22ClN3O.C2HF3O2/c1-3-21-16(6-9-20-21)15-11-13(18)10-12(2)17(15)22-14-4-7-19-8-5-14;3-2(4,5)1(6)7/h6,9-11,14,19H,3-5,7-8H2,1-2H3;(H,6,7).